The number of halogens is 3. The minimum absolute atomic E-state index is 0.00649. The molecular weight excluding hydrogens is 554 g/mol. The molecule has 1 unspecified atom stereocenters. The highest BCUT2D eigenvalue weighted by Crippen LogP contribution is 2.53. The number of fused-ring (bicyclic) bond motifs is 2. The molecule has 2 aromatic rings. The van der Waals surface area contributed by atoms with E-state index in [9.17, 15) is 37.0 Å². The van der Waals surface area contributed by atoms with Crippen molar-refractivity contribution in [1.29, 1.82) is 0 Å². The summed E-state index contributed by atoms with van der Waals surface area (Å²) < 4.78 is 54.1. The van der Waals surface area contributed by atoms with Crippen LogP contribution < -0.4 is 10.6 Å². The fraction of sp³-hybridized carbons (Fsp3) is 0.481. The Balaban J connectivity index is 1.51. The summed E-state index contributed by atoms with van der Waals surface area (Å²) in [7, 11) is -4.03. The molecule has 2 fully saturated rings. The summed E-state index contributed by atoms with van der Waals surface area (Å²) in [6.45, 7) is 3.12. The van der Waals surface area contributed by atoms with Crippen molar-refractivity contribution in [3.8, 4) is 0 Å². The van der Waals surface area contributed by atoms with E-state index in [-0.39, 0.29) is 47.0 Å². The van der Waals surface area contributed by atoms with Crippen LogP contribution >= 0.6 is 11.6 Å². The largest absolute Gasteiger partial charge is 0.389 e. The summed E-state index contributed by atoms with van der Waals surface area (Å²) in [6, 6.07) is 6.61. The maximum atomic E-state index is 13.7. The number of amides is 2. The van der Waals surface area contributed by atoms with E-state index in [1.807, 2.05) is 0 Å². The van der Waals surface area contributed by atoms with Crippen molar-refractivity contribution in [3.63, 3.8) is 0 Å². The van der Waals surface area contributed by atoms with Crippen LogP contribution in [-0.4, -0.2) is 53.4 Å². The van der Waals surface area contributed by atoms with E-state index < -0.39 is 61.6 Å². The van der Waals surface area contributed by atoms with Gasteiger partial charge in [-0.1, -0.05) is 11.6 Å². The number of benzene rings is 2. The summed E-state index contributed by atoms with van der Waals surface area (Å²) in [4.78, 5) is 25.0. The average molecular weight is 585 g/mol. The molecule has 0 aromatic heterocycles. The molecule has 4 rings (SSSR count). The van der Waals surface area contributed by atoms with Gasteiger partial charge >= 0.3 is 0 Å². The normalized spacial score (nSPS) is 24.8. The molecule has 8 nitrogen and oxygen atoms in total. The smallest absolute Gasteiger partial charge is 0.255 e. The lowest BCUT2D eigenvalue weighted by Crippen LogP contribution is -2.51. The second-order valence-electron chi connectivity index (χ2n) is 11.1. The van der Waals surface area contributed by atoms with Gasteiger partial charge in [-0.25, -0.2) is 17.2 Å². The number of anilines is 1. The topological polar surface area (TPSA) is 133 Å². The van der Waals surface area contributed by atoms with Gasteiger partial charge in [0.1, 0.15) is 0 Å². The molecule has 4 N–H and O–H groups in total. The molecule has 0 spiro atoms. The highest BCUT2D eigenvalue weighted by molar-refractivity contribution is 7.92. The number of aliphatic hydroxyl groups is 2. The molecular formula is C27H31ClF2N2O6S. The lowest BCUT2D eigenvalue weighted by Gasteiger charge is -2.42. The Morgan fingerprint density at radius 1 is 1.08 bits per heavy atom. The van der Waals surface area contributed by atoms with E-state index in [4.69, 9.17) is 11.6 Å². The SMILES string of the molecule is CC(C)(O)CNC(=O)C[C@@]1(O)C2CC[C@H]1C[C@H](S(=O)(=O)c1cc(C(=O)Nc3ccc(F)c(F)c3)ccc1Cl)C2. The third-order valence-corrected chi connectivity index (χ3v) is 10.3. The van der Waals surface area contributed by atoms with Crippen molar-refractivity contribution in [2.45, 2.75) is 67.3 Å². The second-order valence-corrected chi connectivity index (χ2v) is 13.7. The van der Waals surface area contributed by atoms with Crippen molar-refractivity contribution in [1.82, 2.24) is 5.32 Å². The lowest BCUT2D eigenvalue weighted by molar-refractivity contribution is -0.133. The van der Waals surface area contributed by atoms with Crippen LogP contribution in [0, 0.1) is 23.5 Å². The Hall–Kier alpha value is -2.60. The molecule has 4 atom stereocenters. The molecule has 0 radical (unpaired) electrons. The van der Waals surface area contributed by atoms with Crippen LogP contribution in [0.5, 0.6) is 0 Å². The zero-order chi connectivity index (χ0) is 28.8. The number of hydrogen-bond acceptors (Lipinski definition) is 6. The maximum Gasteiger partial charge on any atom is 0.255 e. The summed E-state index contributed by atoms with van der Waals surface area (Å²) in [6.07, 6.45) is 1.18. The molecule has 2 aromatic carbocycles. The number of nitrogens with one attached hydrogen (secondary N) is 2. The summed E-state index contributed by atoms with van der Waals surface area (Å²) in [5.41, 5.74) is -2.51. The van der Waals surface area contributed by atoms with Gasteiger partial charge in [0.15, 0.2) is 21.5 Å². The van der Waals surface area contributed by atoms with Crippen LogP contribution in [-0.2, 0) is 14.6 Å². The highest BCUT2D eigenvalue weighted by Gasteiger charge is 2.56. The Labute approximate surface area is 230 Å². The van der Waals surface area contributed by atoms with Gasteiger partial charge in [0, 0.05) is 23.9 Å². The average Bonchev–Trinajstić information content (AvgIpc) is 3.00. The first-order valence-electron chi connectivity index (χ1n) is 12.6. The molecule has 0 saturated heterocycles. The minimum atomic E-state index is -4.03. The van der Waals surface area contributed by atoms with Gasteiger partial charge in [0.25, 0.3) is 5.91 Å². The van der Waals surface area contributed by atoms with Crippen molar-refractivity contribution in [2.75, 3.05) is 11.9 Å². The van der Waals surface area contributed by atoms with Crippen LogP contribution in [0.2, 0.25) is 5.02 Å². The first kappa shape index (κ1) is 29.4. The fourth-order valence-corrected chi connectivity index (χ4v) is 8.01. The van der Waals surface area contributed by atoms with Gasteiger partial charge in [0.05, 0.1) is 32.8 Å². The van der Waals surface area contributed by atoms with Crippen LogP contribution in [0.15, 0.2) is 41.3 Å². The van der Waals surface area contributed by atoms with E-state index >= 15 is 0 Å². The van der Waals surface area contributed by atoms with Gasteiger partial charge in [-0.05, 0) is 81.7 Å². The molecule has 2 aliphatic rings. The third kappa shape index (κ3) is 6.26. The van der Waals surface area contributed by atoms with Crippen LogP contribution in [0.4, 0.5) is 14.5 Å². The Morgan fingerprint density at radius 3 is 2.31 bits per heavy atom. The van der Waals surface area contributed by atoms with E-state index in [1.54, 1.807) is 13.8 Å². The molecule has 0 heterocycles. The van der Waals surface area contributed by atoms with Gasteiger partial charge in [0.2, 0.25) is 5.91 Å². The van der Waals surface area contributed by atoms with Crippen molar-refractivity contribution in [3.05, 3.63) is 58.6 Å². The van der Waals surface area contributed by atoms with Crippen LogP contribution in [0.25, 0.3) is 0 Å². The first-order chi connectivity index (χ1) is 18.1. The fourth-order valence-electron chi connectivity index (χ4n) is 5.61. The third-order valence-electron chi connectivity index (χ3n) is 7.65. The number of carbonyl (C=O) groups excluding carboxylic acids is 2. The highest BCUT2D eigenvalue weighted by atomic mass is 35.5. The van der Waals surface area contributed by atoms with Gasteiger partial charge in [-0.3, -0.25) is 9.59 Å². The number of sulfone groups is 1. The monoisotopic (exact) mass is 584 g/mol. The molecule has 12 heteroatoms. The van der Waals surface area contributed by atoms with Gasteiger partial charge in [-0.15, -0.1) is 0 Å². The van der Waals surface area contributed by atoms with Crippen molar-refractivity contribution in [2.24, 2.45) is 11.8 Å². The molecule has 39 heavy (non-hydrogen) atoms. The minimum Gasteiger partial charge on any atom is -0.389 e. The van der Waals surface area contributed by atoms with E-state index in [2.05, 4.69) is 10.6 Å². The summed E-state index contributed by atoms with van der Waals surface area (Å²) >= 11 is 6.26. The zero-order valence-electron chi connectivity index (χ0n) is 21.5. The molecule has 2 aliphatic carbocycles. The quantitative estimate of drug-likeness (QED) is 0.373. The summed E-state index contributed by atoms with van der Waals surface area (Å²) in [5.74, 6) is -4.22. The van der Waals surface area contributed by atoms with Crippen LogP contribution in [0.3, 0.4) is 0 Å². The molecule has 2 amide bonds. The zero-order valence-corrected chi connectivity index (χ0v) is 23.1. The van der Waals surface area contributed by atoms with Crippen molar-refractivity contribution >= 4 is 38.9 Å². The Bertz CT molecular complexity index is 1380. The van der Waals surface area contributed by atoms with Crippen molar-refractivity contribution < 1.29 is 37.0 Å². The number of rotatable bonds is 8. The predicted molar refractivity (Wildman–Crippen MR) is 141 cm³/mol. The predicted octanol–water partition coefficient (Wildman–Crippen LogP) is 3.84. The number of hydrogen-bond donors (Lipinski definition) is 4. The van der Waals surface area contributed by atoms with E-state index in [0.29, 0.717) is 12.8 Å². The summed E-state index contributed by atoms with van der Waals surface area (Å²) in [5, 5.41) is 25.3. The number of carbonyl (C=O) groups is 2. The molecule has 0 aliphatic heterocycles. The molecule has 2 saturated carbocycles. The van der Waals surface area contributed by atoms with Crippen LogP contribution in [0.1, 0.15) is 56.3 Å². The standard InChI is InChI=1S/C27H31ClF2N2O6S/c1-26(2,35)14-31-24(33)13-27(36)16-4-5-17(27)11-19(10-16)39(37,38)23-9-15(3-7-20(23)28)25(34)32-18-6-8-21(29)22(30)12-18/h3,6-9,12,16-17,19,35-36H,4-5,10-11,13-14H2,1-2H3,(H,31,33)(H,32,34)/t16-,17?,19-,27-/m0/s1. The molecule has 212 valence electrons. The molecule has 2 bridgehead atoms. The maximum absolute atomic E-state index is 13.7. The Morgan fingerprint density at radius 2 is 1.72 bits per heavy atom. The van der Waals surface area contributed by atoms with E-state index in [1.165, 1.54) is 18.2 Å². The Kier molecular flexibility index (Phi) is 8.11. The first-order valence-corrected chi connectivity index (χ1v) is 14.5. The van der Waals surface area contributed by atoms with Gasteiger partial charge in [-0.2, -0.15) is 0 Å². The van der Waals surface area contributed by atoms with Gasteiger partial charge < -0.3 is 20.8 Å². The van der Waals surface area contributed by atoms with E-state index in [0.717, 1.165) is 18.2 Å². The second kappa shape index (κ2) is 10.8. The lowest BCUT2D eigenvalue weighted by atomic mass is 9.72.